The zero-order valence-electron chi connectivity index (χ0n) is 11.7. The second kappa shape index (κ2) is 8.29. The number of unbranched alkanes of at least 4 members (excludes halogenated alkanes) is 1. The van der Waals surface area contributed by atoms with Gasteiger partial charge in [0.1, 0.15) is 0 Å². The fourth-order valence-electron chi connectivity index (χ4n) is 1.73. The van der Waals surface area contributed by atoms with Crippen molar-refractivity contribution in [3.05, 3.63) is 35.4 Å². The van der Waals surface area contributed by atoms with E-state index in [1.807, 2.05) is 25.1 Å². The van der Waals surface area contributed by atoms with Gasteiger partial charge in [0.2, 0.25) is 5.91 Å². The van der Waals surface area contributed by atoms with E-state index in [9.17, 15) is 9.59 Å². The molecule has 4 nitrogen and oxygen atoms in total. The molecule has 1 rings (SSSR count). The molecule has 1 aromatic rings. The van der Waals surface area contributed by atoms with E-state index in [0.29, 0.717) is 25.1 Å². The average Bonchev–Trinajstić information content (AvgIpc) is 2.41. The Morgan fingerprint density at radius 2 is 1.79 bits per heavy atom. The molecule has 2 amide bonds. The first-order valence-electron chi connectivity index (χ1n) is 6.75. The summed E-state index contributed by atoms with van der Waals surface area (Å²) >= 11 is 0. The van der Waals surface area contributed by atoms with Gasteiger partial charge in [-0.15, -0.1) is 0 Å². The Bertz CT molecular complexity index is 430. The van der Waals surface area contributed by atoms with Crippen molar-refractivity contribution in [3.63, 3.8) is 0 Å². The summed E-state index contributed by atoms with van der Waals surface area (Å²) in [5, 5.41) is 5.58. The van der Waals surface area contributed by atoms with Crippen LogP contribution in [0.5, 0.6) is 0 Å². The van der Waals surface area contributed by atoms with E-state index in [4.69, 9.17) is 0 Å². The van der Waals surface area contributed by atoms with Crippen molar-refractivity contribution in [2.24, 2.45) is 0 Å². The zero-order chi connectivity index (χ0) is 14.1. The highest BCUT2D eigenvalue weighted by atomic mass is 16.2. The third-order valence-corrected chi connectivity index (χ3v) is 2.88. The number of carbonyl (C=O) groups excluding carboxylic acids is 2. The summed E-state index contributed by atoms with van der Waals surface area (Å²) in [6, 6.07) is 7.44. The molecule has 0 saturated carbocycles. The molecule has 0 heterocycles. The SMILES string of the molecule is CCCCC(=O)NCCNC(=O)c1ccccc1C. The summed E-state index contributed by atoms with van der Waals surface area (Å²) in [5.41, 5.74) is 1.63. The number of aryl methyl sites for hydroxylation is 1. The number of carbonyl (C=O) groups is 2. The number of nitrogens with one attached hydrogen (secondary N) is 2. The molecule has 2 N–H and O–H groups in total. The van der Waals surface area contributed by atoms with Crippen LogP contribution in [0.4, 0.5) is 0 Å². The van der Waals surface area contributed by atoms with E-state index in [1.54, 1.807) is 6.07 Å². The minimum absolute atomic E-state index is 0.0481. The van der Waals surface area contributed by atoms with Crippen LogP contribution in [0.2, 0.25) is 0 Å². The predicted octanol–water partition coefficient (Wildman–Crippen LogP) is 2.03. The smallest absolute Gasteiger partial charge is 0.251 e. The van der Waals surface area contributed by atoms with E-state index in [2.05, 4.69) is 17.6 Å². The lowest BCUT2D eigenvalue weighted by atomic mass is 10.1. The second-order valence-electron chi connectivity index (χ2n) is 4.52. The van der Waals surface area contributed by atoms with Crippen LogP contribution in [0.1, 0.15) is 42.1 Å². The summed E-state index contributed by atoms with van der Waals surface area (Å²) < 4.78 is 0. The molecule has 19 heavy (non-hydrogen) atoms. The molecule has 104 valence electrons. The summed E-state index contributed by atoms with van der Waals surface area (Å²) in [6.45, 7) is 4.88. The quantitative estimate of drug-likeness (QED) is 0.739. The molecule has 0 radical (unpaired) electrons. The van der Waals surface area contributed by atoms with Crippen molar-refractivity contribution in [2.45, 2.75) is 33.1 Å². The maximum atomic E-state index is 11.9. The second-order valence-corrected chi connectivity index (χ2v) is 4.52. The van der Waals surface area contributed by atoms with Crippen LogP contribution in [0.25, 0.3) is 0 Å². The molecule has 0 aliphatic carbocycles. The largest absolute Gasteiger partial charge is 0.354 e. The molecule has 0 spiro atoms. The maximum absolute atomic E-state index is 11.9. The minimum atomic E-state index is -0.0964. The molecule has 0 aliphatic heterocycles. The van der Waals surface area contributed by atoms with Gasteiger partial charge in [-0.3, -0.25) is 9.59 Å². The molecule has 0 atom stereocenters. The number of benzene rings is 1. The van der Waals surface area contributed by atoms with E-state index in [0.717, 1.165) is 18.4 Å². The van der Waals surface area contributed by atoms with Crippen LogP contribution < -0.4 is 10.6 Å². The first-order chi connectivity index (χ1) is 9.15. The van der Waals surface area contributed by atoms with Crippen molar-refractivity contribution < 1.29 is 9.59 Å². The van der Waals surface area contributed by atoms with Crippen LogP contribution in [0.3, 0.4) is 0 Å². The maximum Gasteiger partial charge on any atom is 0.251 e. The molecule has 4 heteroatoms. The van der Waals surface area contributed by atoms with Crippen molar-refractivity contribution in [3.8, 4) is 0 Å². The van der Waals surface area contributed by atoms with Crippen molar-refractivity contribution >= 4 is 11.8 Å². The number of hydrogen-bond donors (Lipinski definition) is 2. The third kappa shape index (κ3) is 5.55. The highest BCUT2D eigenvalue weighted by Crippen LogP contribution is 2.05. The lowest BCUT2D eigenvalue weighted by Gasteiger charge is -2.08. The van der Waals surface area contributed by atoms with Gasteiger partial charge < -0.3 is 10.6 Å². The molecule has 0 fully saturated rings. The fourth-order valence-corrected chi connectivity index (χ4v) is 1.73. The normalized spacial score (nSPS) is 10.0. The van der Waals surface area contributed by atoms with Gasteiger partial charge in [0.15, 0.2) is 0 Å². The van der Waals surface area contributed by atoms with Crippen LogP contribution in [0.15, 0.2) is 24.3 Å². The van der Waals surface area contributed by atoms with E-state index in [1.165, 1.54) is 0 Å². The summed E-state index contributed by atoms with van der Waals surface area (Å²) in [7, 11) is 0. The zero-order valence-corrected chi connectivity index (χ0v) is 11.7. The molecule has 0 saturated heterocycles. The summed E-state index contributed by atoms with van der Waals surface area (Å²) in [5.74, 6) is -0.0482. The number of hydrogen-bond acceptors (Lipinski definition) is 2. The van der Waals surface area contributed by atoms with Crippen LogP contribution >= 0.6 is 0 Å². The topological polar surface area (TPSA) is 58.2 Å². The van der Waals surface area contributed by atoms with Gasteiger partial charge in [-0.25, -0.2) is 0 Å². The van der Waals surface area contributed by atoms with Crippen LogP contribution in [0, 0.1) is 6.92 Å². The van der Waals surface area contributed by atoms with Gasteiger partial charge in [0.25, 0.3) is 5.91 Å². The standard InChI is InChI=1S/C15H22N2O2/c1-3-4-9-14(18)16-10-11-17-15(19)13-8-6-5-7-12(13)2/h5-8H,3-4,9-11H2,1-2H3,(H,16,18)(H,17,19). The lowest BCUT2D eigenvalue weighted by molar-refractivity contribution is -0.121. The Balaban J connectivity index is 2.25. The van der Waals surface area contributed by atoms with Crippen molar-refractivity contribution in [2.75, 3.05) is 13.1 Å². The molecule has 0 aromatic heterocycles. The first-order valence-corrected chi connectivity index (χ1v) is 6.75. The number of amides is 2. The monoisotopic (exact) mass is 262 g/mol. The third-order valence-electron chi connectivity index (χ3n) is 2.88. The Hall–Kier alpha value is -1.84. The Labute approximate surface area is 114 Å². The molecule has 0 bridgehead atoms. The van der Waals surface area contributed by atoms with Gasteiger partial charge >= 0.3 is 0 Å². The molecular formula is C15H22N2O2. The van der Waals surface area contributed by atoms with E-state index >= 15 is 0 Å². The fraction of sp³-hybridized carbons (Fsp3) is 0.467. The van der Waals surface area contributed by atoms with Gasteiger partial charge in [0, 0.05) is 25.1 Å². The summed E-state index contributed by atoms with van der Waals surface area (Å²) in [6.07, 6.45) is 2.47. The molecular weight excluding hydrogens is 240 g/mol. The van der Waals surface area contributed by atoms with E-state index in [-0.39, 0.29) is 11.8 Å². The van der Waals surface area contributed by atoms with E-state index < -0.39 is 0 Å². The van der Waals surface area contributed by atoms with Gasteiger partial charge in [-0.1, -0.05) is 31.5 Å². The highest BCUT2D eigenvalue weighted by Gasteiger charge is 2.07. The highest BCUT2D eigenvalue weighted by molar-refractivity contribution is 5.95. The van der Waals surface area contributed by atoms with Crippen LogP contribution in [-0.4, -0.2) is 24.9 Å². The Morgan fingerprint density at radius 3 is 2.47 bits per heavy atom. The summed E-state index contributed by atoms with van der Waals surface area (Å²) in [4.78, 5) is 23.2. The van der Waals surface area contributed by atoms with Gasteiger partial charge in [-0.2, -0.15) is 0 Å². The average molecular weight is 262 g/mol. The van der Waals surface area contributed by atoms with Crippen molar-refractivity contribution in [1.29, 1.82) is 0 Å². The lowest BCUT2D eigenvalue weighted by Crippen LogP contribution is -2.34. The Morgan fingerprint density at radius 1 is 1.11 bits per heavy atom. The molecule has 1 aromatic carbocycles. The van der Waals surface area contributed by atoms with Gasteiger partial charge in [0.05, 0.1) is 0 Å². The van der Waals surface area contributed by atoms with Gasteiger partial charge in [-0.05, 0) is 25.0 Å². The Kier molecular flexibility index (Phi) is 6.64. The number of rotatable bonds is 7. The first kappa shape index (κ1) is 15.2. The van der Waals surface area contributed by atoms with Crippen molar-refractivity contribution in [1.82, 2.24) is 10.6 Å². The minimum Gasteiger partial charge on any atom is -0.354 e. The predicted molar refractivity (Wildman–Crippen MR) is 76.0 cm³/mol. The van der Waals surface area contributed by atoms with Crippen LogP contribution in [-0.2, 0) is 4.79 Å². The molecule has 0 unspecified atom stereocenters. The molecule has 0 aliphatic rings.